The summed E-state index contributed by atoms with van der Waals surface area (Å²) in [6.07, 6.45) is 1.33. The fourth-order valence-corrected chi connectivity index (χ4v) is 1.32. The Labute approximate surface area is 75.6 Å². The van der Waals surface area contributed by atoms with Gasteiger partial charge in [0.2, 0.25) is 0 Å². The molecule has 0 unspecified atom stereocenters. The van der Waals surface area contributed by atoms with Crippen LogP contribution < -0.4 is 4.74 Å². The van der Waals surface area contributed by atoms with E-state index in [4.69, 9.17) is 4.74 Å². The van der Waals surface area contributed by atoms with Crippen molar-refractivity contribution in [3.63, 3.8) is 0 Å². The molecule has 0 bridgehead atoms. The van der Waals surface area contributed by atoms with Gasteiger partial charge in [0.1, 0.15) is 11.5 Å². The largest absolute Gasteiger partial charge is 0.495 e. The Hall–Kier alpha value is -1.17. The molecule has 1 aromatic heterocycles. The monoisotopic (exact) mass is 205 g/mol. The molecule has 0 spiro atoms. The van der Waals surface area contributed by atoms with Crippen molar-refractivity contribution in [2.75, 3.05) is 7.11 Å². The summed E-state index contributed by atoms with van der Waals surface area (Å²) < 4.78 is 37.4. The van der Waals surface area contributed by atoms with Crippen LogP contribution in [-0.4, -0.2) is 20.5 Å². The van der Waals surface area contributed by atoms with E-state index in [2.05, 4.69) is 4.98 Å². The van der Waals surface area contributed by atoms with Gasteiger partial charge in [-0.15, -0.1) is 3.89 Å². The maximum Gasteiger partial charge on any atom is 0.308 e. The van der Waals surface area contributed by atoms with Crippen molar-refractivity contribution in [2.45, 2.75) is 5.75 Å². The highest BCUT2D eigenvalue weighted by Crippen LogP contribution is 2.10. The zero-order chi connectivity index (χ0) is 9.90. The first kappa shape index (κ1) is 9.91. The van der Waals surface area contributed by atoms with Crippen LogP contribution >= 0.6 is 0 Å². The minimum absolute atomic E-state index is 0.156. The molecule has 4 nitrogen and oxygen atoms in total. The molecule has 0 amide bonds. The SMILES string of the molecule is COc1ccc(CS(=O)(=O)F)nc1. The van der Waals surface area contributed by atoms with E-state index in [-0.39, 0.29) is 5.69 Å². The van der Waals surface area contributed by atoms with Gasteiger partial charge in [0, 0.05) is 0 Å². The second kappa shape index (κ2) is 3.69. The quantitative estimate of drug-likeness (QED) is 0.687. The molecule has 13 heavy (non-hydrogen) atoms. The molecular formula is C7H8FNO3S. The van der Waals surface area contributed by atoms with Crippen molar-refractivity contribution in [3.8, 4) is 5.75 Å². The van der Waals surface area contributed by atoms with Gasteiger partial charge in [-0.05, 0) is 12.1 Å². The third-order valence-electron chi connectivity index (χ3n) is 1.35. The second-order valence-corrected chi connectivity index (χ2v) is 3.74. The van der Waals surface area contributed by atoms with Gasteiger partial charge in [-0.25, -0.2) is 0 Å². The van der Waals surface area contributed by atoms with E-state index >= 15 is 0 Å². The zero-order valence-electron chi connectivity index (χ0n) is 6.90. The van der Waals surface area contributed by atoms with Gasteiger partial charge >= 0.3 is 10.2 Å². The number of methoxy groups -OCH3 is 1. The molecule has 1 rings (SSSR count). The lowest BCUT2D eigenvalue weighted by atomic mass is 10.4. The Morgan fingerprint density at radius 3 is 2.62 bits per heavy atom. The number of aromatic nitrogens is 1. The Kier molecular flexibility index (Phi) is 2.82. The van der Waals surface area contributed by atoms with Crippen LogP contribution in [0.3, 0.4) is 0 Å². The van der Waals surface area contributed by atoms with Crippen LogP contribution in [0, 0.1) is 0 Å². The molecule has 0 fully saturated rings. The van der Waals surface area contributed by atoms with Gasteiger partial charge in [0.15, 0.2) is 0 Å². The van der Waals surface area contributed by atoms with Crippen LogP contribution in [0.2, 0.25) is 0 Å². The minimum Gasteiger partial charge on any atom is -0.495 e. The summed E-state index contributed by atoms with van der Waals surface area (Å²) in [5.41, 5.74) is 0.156. The smallest absolute Gasteiger partial charge is 0.308 e. The van der Waals surface area contributed by atoms with Crippen LogP contribution in [0.5, 0.6) is 5.75 Å². The van der Waals surface area contributed by atoms with Crippen LogP contribution in [0.4, 0.5) is 3.89 Å². The van der Waals surface area contributed by atoms with Gasteiger partial charge in [-0.2, -0.15) is 8.42 Å². The lowest BCUT2D eigenvalue weighted by Gasteiger charge is -1.99. The van der Waals surface area contributed by atoms with Gasteiger partial charge in [-0.1, -0.05) is 0 Å². The molecule has 0 N–H and O–H groups in total. The molecule has 1 aromatic rings. The first-order valence-electron chi connectivity index (χ1n) is 3.42. The summed E-state index contributed by atoms with van der Waals surface area (Å²) in [5, 5.41) is 0. The highest BCUT2D eigenvalue weighted by Gasteiger charge is 2.09. The first-order chi connectivity index (χ1) is 6.01. The van der Waals surface area contributed by atoms with Crippen molar-refractivity contribution >= 4 is 10.2 Å². The molecule has 0 radical (unpaired) electrons. The van der Waals surface area contributed by atoms with Gasteiger partial charge in [0.05, 0.1) is 19.0 Å². The van der Waals surface area contributed by atoms with E-state index in [0.29, 0.717) is 5.75 Å². The number of rotatable bonds is 3. The van der Waals surface area contributed by atoms with Crippen molar-refractivity contribution in [1.29, 1.82) is 0 Å². The molecule has 0 atom stereocenters. The van der Waals surface area contributed by atoms with Crippen LogP contribution in [0.15, 0.2) is 18.3 Å². The maximum absolute atomic E-state index is 12.2. The Balaban J connectivity index is 2.81. The third kappa shape index (κ3) is 3.37. The summed E-state index contributed by atoms with van der Waals surface area (Å²) in [6, 6.07) is 2.92. The minimum atomic E-state index is -4.50. The highest BCUT2D eigenvalue weighted by atomic mass is 32.3. The number of hydrogen-bond acceptors (Lipinski definition) is 4. The maximum atomic E-state index is 12.2. The number of halogens is 1. The number of ether oxygens (including phenoxy) is 1. The van der Waals surface area contributed by atoms with Crippen molar-refractivity contribution in [1.82, 2.24) is 4.98 Å². The van der Waals surface area contributed by atoms with Crippen LogP contribution in [0.1, 0.15) is 5.69 Å². The standard InChI is InChI=1S/C7H8FNO3S/c1-12-7-3-2-6(9-4-7)5-13(8,10)11/h2-4H,5H2,1H3. The van der Waals surface area contributed by atoms with Crippen molar-refractivity contribution in [3.05, 3.63) is 24.0 Å². The molecule has 0 aliphatic rings. The fraction of sp³-hybridized carbons (Fsp3) is 0.286. The molecule has 0 aromatic carbocycles. The molecule has 1 heterocycles. The fourth-order valence-electron chi connectivity index (χ4n) is 0.794. The predicted octanol–water partition coefficient (Wildman–Crippen LogP) is 0.889. The molecule has 6 heteroatoms. The third-order valence-corrected chi connectivity index (χ3v) is 1.99. The zero-order valence-corrected chi connectivity index (χ0v) is 7.71. The van der Waals surface area contributed by atoms with E-state index in [1.54, 1.807) is 0 Å². The van der Waals surface area contributed by atoms with Gasteiger partial charge < -0.3 is 4.74 Å². The van der Waals surface area contributed by atoms with Crippen LogP contribution in [-0.2, 0) is 16.0 Å². The van der Waals surface area contributed by atoms with E-state index in [0.717, 1.165) is 0 Å². The van der Waals surface area contributed by atoms with Crippen LogP contribution in [0.25, 0.3) is 0 Å². The molecule has 72 valence electrons. The molecule has 0 aliphatic heterocycles. The number of pyridine rings is 1. The molecule has 0 saturated heterocycles. The van der Waals surface area contributed by atoms with E-state index < -0.39 is 16.0 Å². The van der Waals surface area contributed by atoms with Crippen molar-refractivity contribution in [2.24, 2.45) is 0 Å². The summed E-state index contributed by atoms with van der Waals surface area (Å²) in [7, 11) is -3.04. The Morgan fingerprint density at radius 2 is 2.23 bits per heavy atom. The average Bonchev–Trinajstić information content (AvgIpc) is 2.03. The number of nitrogens with zero attached hydrogens (tertiary/aromatic N) is 1. The molecular weight excluding hydrogens is 197 g/mol. The summed E-state index contributed by atoms with van der Waals surface area (Å²) >= 11 is 0. The first-order valence-corrected chi connectivity index (χ1v) is 4.98. The molecule has 0 saturated carbocycles. The summed E-state index contributed by atoms with van der Waals surface area (Å²) in [6.45, 7) is 0. The Bertz CT molecular complexity index is 373. The molecule has 0 aliphatic carbocycles. The van der Waals surface area contributed by atoms with E-state index in [1.807, 2.05) is 0 Å². The Morgan fingerprint density at radius 1 is 1.54 bits per heavy atom. The van der Waals surface area contributed by atoms with E-state index in [1.165, 1.54) is 25.4 Å². The topological polar surface area (TPSA) is 56.3 Å². The predicted molar refractivity (Wildman–Crippen MR) is 44.5 cm³/mol. The lowest BCUT2D eigenvalue weighted by Crippen LogP contribution is -1.98. The van der Waals surface area contributed by atoms with Crippen molar-refractivity contribution < 1.29 is 17.0 Å². The van der Waals surface area contributed by atoms with Gasteiger partial charge in [-0.3, -0.25) is 4.98 Å². The summed E-state index contributed by atoms with van der Waals surface area (Å²) in [5.74, 6) is -0.197. The van der Waals surface area contributed by atoms with E-state index in [9.17, 15) is 12.3 Å². The van der Waals surface area contributed by atoms with Gasteiger partial charge in [0.25, 0.3) is 0 Å². The lowest BCUT2D eigenvalue weighted by molar-refractivity contribution is 0.412. The second-order valence-electron chi connectivity index (χ2n) is 2.37. The average molecular weight is 205 g/mol. The number of hydrogen-bond donors (Lipinski definition) is 0. The highest BCUT2D eigenvalue weighted by molar-refractivity contribution is 7.85. The normalized spacial score (nSPS) is 11.2. The summed E-state index contributed by atoms with van der Waals surface area (Å²) in [4.78, 5) is 3.69.